The molecule has 4 nitrogen and oxygen atoms in total. The van der Waals surface area contributed by atoms with Gasteiger partial charge in [-0.15, -0.1) is 6.42 Å². The number of hydrogen-bond donors (Lipinski definition) is 1. The lowest BCUT2D eigenvalue weighted by Crippen LogP contribution is -2.19. The topological polar surface area (TPSA) is 50.7 Å². The van der Waals surface area contributed by atoms with Crippen molar-refractivity contribution in [3.05, 3.63) is 77.6 Å². The van der Waals surface area contributed by atoms with Crippen molar-refractivity contribution in [1.82, 2.24) is 5.43 Å². The molecule has 26 heavy (non-hydrogen) atoms. The highest BCUT2D eigenvalue weighted by Crippen LogP contribution is 2.26. The molecule has 0 heterocycles. The smallest absolute Gasteiger partial charge is 0.274 e. The van der Waals surface area contributed by atoms with Crippen LogP contribution in [0.2, 0.25) is 0 Å². The molecule has 5 heteroatoms. The SMILES string of the molecule is C#CCOc1ccc2ccccc2c1/C=N\NC(=O)c1ccccc1F. The molecule has 0 aliphatic rings. The summed E-state index contributed by atoms with van der Waals surface area (Å²) in [5.41, 5.74) is 2.93. The van der Waals surface area contributed by atoms with Gasteiger partial charge in [-0.3, -0.25) is 4.79 Å². The minimum absolute atomic E-state index is 0.0774. The van der Waals surface area contributed by atoms with E-state index in [1.54, 1.807) is 12.1 Å². The fourth-order valence-electron chi connectivity index (χ4n) is 2.52. The number of rotatable bonds is 5. The van der Waals surface area contributed by atoms with E-state index < -0.39 is 11.7 Å². The Kier molecular flexibility index (Phi) is 5.25. The highest BCUT2D eigenvalue weighted by molar-refractivity contribution is 6.03. The molecule has 3 aromatic carbocycles. The molecule has 3 aromatic rings. The molecule has 0 aromatic heterocycles. The first-order valence-corrected chi connectivity index (χ1v) is 7.86. The van der Waals surface area contributed by atoms with Gasteiger partial charge < -0.3 is 4.74 Å². The molecule has 0 fully saturated rings. The number of carbonyl (C=O) groups excluding carboxylic acids is 1. The van der Waals surface area contributed by atoms with Gasteiger partial charge in [0, 0.05) is 5.56 Å². The largest absolute Gasteiger partial charge is 0.480 e. The fraction of sp³-hybridized carbons (Fsp3) is 0.0476. The summed E-state index contributed by atoms with van der Waals surface area (Å²) in [5, 5.41) is 5.84. The van der Waals surface area contributed by atoms with Crippen LogP contribution in [0.5, 0.6) is 5.75 Å². The normalized spacial score (nSPS) is 10.6. The van der Waals surface area contributed by atoms with E-state index in [-0.39, 0.29) is 12.2 Å². The monoisotopic (exact) mass is 346 g/mol. The van der Waals surface area contributed by atoms with Gasteiger partial charge in [-0.1, -0.05) is 48.4 Å². The molecule has 0 aliphatic carbocycles. The Morgan fingerprint density at radius 1 is 1.15 bits per heavy atom. The van der Waals surface area contributed by atoms with Gasteiger partial charge in [-0.2, -0.15) is 5.10 Å². The zero-order valence-corrected chi connectivity index (χ0v) is 13.8. The number of halogens is 1. The Balaban J connectivity index is 1.89. The summed E-state index contributed by atoms with van der Waals surface area (Å²) >= 11 is 0. The first kappa shape index (κ1) is 17.2. The third kappa shape index (κ3) is 3.70. The Bertz CT molecular complexity index is 1020. The lowest BCUT2D eigenvalue weighted by Gasteiger charge is -2.10. The molecule has 3 rings (SSSR count). The van der Waals surface area contributed by atoms with E-state index in [1.807, 2.05) is 30.3 Å². The summed E-state index contributed by atoms with van der Waals surface area (Å²) in [6.07, 6.45) is 6.72. The lowest BCUT2D eigenvalue weighted by atomic mass is 10.0. The zero-order chi connectivity index (χ0) is 18.4. The maximum Gasteiger partial charge on any atom is 0.274 e. The maximum absolute atomic E-state index is 13.7. The van der Waals surface area contributed by atoms with Gasteiger partial charge in [-0.25, -0.2) is 9.82 Å². The Morgan fingerprint density at radius 2 is 1.92 bits per heavy atom. The number of nitrogens with one attached hydrogen (secondary N) is 1. The van der Waals surface area contributed by atoms with Crippen LogP contribution in [-0.2, 0) is 0 Å². The molecule has 1 N–H and O–H groups in total. The van der Waals surface area contributed by atoms with E-state index in [2.05, 4.69) is 16.4 Å². The molecule has 1 amide bonds. The summed E-state index contributed by atoms with van der Waals surface area (Å²) < 4.78 is 19.2. The second-order valence-electron chi connectivity index (χ2n) is 5.37. The van der Waals surface area contributed by atoms with E-state index in [4.69, 9.17) is 11.2 Å². The van der Waals surface area contributed by atoms with Crippen molar-refractivity contribution < 1.29 is 13.9 Å². The summed E-state index contributed by atoms with van der Waals surface area (Å²) in [5.74, 6) is 1.72. The van der Waals surface area contributed by atoms with E-state index in [1.165, 1.54) is 24.4 Å². The summed E-state index contributed by atoms with van der Waals surface area (Å²) in [6.45, 7) is 0.112. The molecule has 0 atom stereocenters. The molecule has 0 radical (unpaired) electrons. The van der Waals surface area contributed by atoms with E-state index in [9.17, 15) is 9.18 Å². The lowest BCUT2D eigenvalue weighted by molar-refractivity contribution is 0.0951. The molecule has 0 aliphatic heterocycles. The van der Waals surface area contributed by atoms with Crippen LogP contribution in [0.1, 0.15) is 15.9 Å². The third-order valence-electron chi connectivity index (χ3n) is 3.72. The minimum Gasteiger partial charge on any atom is -0.480 e. The van der Waals surface area contributed by atoms with Crippen LogP contribution in [0.25, 0.3) is 10.8 Å². The van der Waals surface area contributed by atoms with Gasteiger partial charge in [0.25, 0.3) is 5.91 Å². The van der Waals surface area contributed by atoms with Gasteiger partial charge in [0.1, 0.15) is 18.2 Å². The van der Waals surface area contributed by atoms with Crippen LogP contribution in [-0.4, -0.2) is 18.7 Å². The van der Waals surface area contributed by atoms with Crippen LogP contribution in [0.4, 0.5) is 4.39 Å². The number of fused-ring (bicyclic) bond motifs is 1. The Labute approximate surface area is 150 Å². The maximum atomic E-state index is 13.7. The third-order valence-corrected chi connectivity index (χ3v) is 3.72. The predicted molar refractivity (Wildman–Crippen MR) is 99.7 cm³/mol. The number of amides is 1. The Morgan fingerprint density at radius 3 is 2.73 bits per heavy atom. The molecular weight excluding hydrogens is 331 g/mol. The molecule has 0 unspecified atom stereocenters. The van der Waals surface area contributed by atoms with Crippen LogP contribution in [0.15, 0.2) is 65.8 Å². The molecule has 128 valence electrons. The van der Waals surface area contributed by atoms with Crippen LogP contribution >= 0.6 is 0 Å². The quantitative estimate of drug-likeness (QED) is 0.434. The van der Waals surface area contributed by atoms with Gasteiger partial charge in [0.05, 0.1) is 11.8 Å². The van der Waals surface area contributed by atoms with Crippen LogP contribution in [0.3, 0.4) is 0 Å². The standard InChI is InChI=1S/C21H15FN2O2/c1-2-13-26-20-12-11-15-7-3-4-8-16(15)18(20)14-23-24-21(25)17-9-5-6-10-19(17)22/h1,3-12,14H,13H2,(H,24,25)/b23-14-. The second kappa shape index (κ2) is 7.95. The number of nitrogens with zero attached hydrogens (tertiary/aromatic N) is 1. The van der Waals surface area contributed by atoms with E-state index in [0.717, 1.165) is 10.8 Å². The second-order valence-corrected chi connectivity index (χ2v) is 5.37. The molecular formula is C21H15FN2O2. The highest BCUT2D eigenvalue weighted by atomic mass is 19.1. The van der Waals surface area contributed by atoms with Crippen molar-refractivity contribution >= 4 is 22.9 Å². The van der Waals surface area contributed by atoms with E-state index >= 15 is 0 Å². The molecule has 0 saturated heterocycles. The van der Waals surface area contributed by atoms with Crippen molar-refractivity contribution in [2.45, 2.75) is 0 Å². The molecule has 0 saturated carbocycles. The summed E-state index contributed by atoms with van der Waals surface area (Å²) in [7, 11) is 0. The number of ether oxygens (including phenoxy) is 1. The number of terminal acetylenes is 1. The van der Waals surface area contributed by atoms with Crippen molar-refractivity contribution in [1.29, 1.82) is 0 Å². The number of carbonyl (C=O) groups is 1. The van der Waals surface area contributed by atoms with Crippen LogP contribution in [0, 0.1) is 18.2 Å². The number of hydrogen-bond acceptors (Lipinski definition) is 3. The predicted octanol–water partition coefficient (Wildman–Crippen LogP) is 3.75. The van der Waals surface area contributed by atoms with Crippen molar-refractivity contribution in [2.24, 2.45) is 5.10 Å². The first-order chi connectivity index (χ1) is 12.7. The van der Waals surface area contributed by atoms with E-state index in [0.29, 0.717) is 11.3 Å². The highest BCUT2D eigenvalue weighted by Gasteiger charge is 2.10. The van der Waals surface area contributed by atoms with Gasteiger partial charge >= 0.3 is 0 Å². The summed E-state index contributed by atoms with van der Waals surface area (Å²) in [6, 6.07) is 17.1. The average Bonchev–Trinajstić information content (AvgIpc) is 2.67. The van der Waals surface area contributed by atoms with Crippen LogP contribution < -0.4 is 10.2 Å². The van der Waals surface area contributed by atoms with Gasteiger partial charge in [0.15, 0.2) is 0 Å². The average molecular weight is 346 g/mol. The van der Waals surface area contributed by atoms with Crippen molar-refractivity contribution in [2.75, 3.05) is 6.61 Å². The Hall–Kier alpha value is -3.65. The van der Waals surface area contributed by atoms with Gasteiger partial charge in [0.2, 0.25) is 0 Å². The van der Waals surface area contributed by atoms with Crippen molar-refractivity contribution in [3.8, 4) is 18.1 Å². The molecule has 0 bridgehead atoms. The summed E-state index contributed by atoms with van der Waals surface area (Å²) in [4.78, 5) is 12.1. The van der Waals surface area contributed by atoms with Gasteiger partial charge in [-0.05, 0) is 29.0 Å². The first-order valence-electron chi connectivity index (χ1n) is 7.86. The zero-order valence-electron chi connectivity index (χ0n) is 13.8. The van der Waals surface area contributed by atoms with Crippen molar-refractivity contribution in [3.63, 3.8) is 0 Å². The molecule has 0 spiro atoms. The number of benzene rings is 3. The fourth-order valence-corrected chi connectivity index (χ4v) is 2.52. The number of hydrazone groups is 1. The minimum atomic E-state index is -0.634.